The van der Waals surface area contributed by atoms with E-state index in [0.29, 0.717) is 48.9 Å². The van der Waals surface area contributed by atoms with E-state index < -0.39 is 17.8 Å². The molecule has 0 radical (unpaired) electrons. The van der Waals surface area contributed by atoms with Crippen molar-refractivity contribution in [3.63, 3.8) is 0 Å². The number of carbonyl (C=O) groups excluding carboxylic acids is 1. The number of benzene rings is 2. The van der Waals surface area contributed by atoms with Gasteiger partial charge in [-0.2, -0.15) is 13.2 Å². The van der Waals surface area contributed by atoms with Crippen molar-refractivity contribution in [1.82, 2.24) is 10.1 Å². The number of halogens is 3. The van der Waals surface area contributed by atoms with Crippen LogP contribution in [-0.4, -0.2) is 54.4 Å². The number of alkyl halides is 3. The Hall–Kier alpha value is -3.53. The molecular formula is C24H24F3N3O4. The zero-order valence-electron chi connectivity index (χ0n) is 18.7. The maximum atomic E-state index is 13.5. The summed E-state index contributed by atoms with van der Waals surface area (Å²) in [5, 5.41) is 14.2. The lowest BCUT2D eigenvalue weighted by Gasteiger charge is -2.36. The summed E-state index contributed by atoms with van der Waals surface area (Å²) in [6.07, 6.45) is -5.47. The second-order valence-electron chi connectivity index (χ2n) is 8.00. The molecule has 0 bridgehead atoms. The lowest BCUT2D eigenvalue weighted by Crippen LogP contribution is -2.49. The number of amides is 1. The molecule has 0 aliphatic carbocycles. The van der Waals surface area contributed by atoms with Gasteiger partial charge in [-0.3, -0.25) is 4.79 Å². The van der Waals surface area contributed by atoms with Crippen LogP contribution in [0, 0.1) is 0 Å². The molecule has 1 unspecified atom stereocenters. The van der Waals surface area contributed by atoms with Crippen molar-refractivity contribution in [1.29, 1.82) is 0 Å². The van der Waals surface area contributed by atoms with Crippen molar-refractivity contribution in [3.05, 3.63) is 65.4 Å². The molecule has 10 heteroatoms. The fraction of sp³-hybridized carbons (Fsp3) is 0.333. The van der Waals surface area contributed by atoms with Crippen LogP contribution >= 0.6 is 0 Å². The summed E-state index contributed by atoms with van der Waals surface area (Å²) in [6, 6.07) is 12.1. The minimum Gasteiger partial charge on any atom is -0.497 e. The Kier molecular flexibility index (Phi) is 6.52. The molecule has 3 aromatic rings. The van der Waals surface area contributed by atoms with Gasteiger partial charge >= 0.3 is 6.18 Å². The van der Waals surface area contributed by atoms with Gasteiger partial charge in [-0.1, -0.05) is 11.2 Å². The highest BCUT2D eigenvalue weighted by molar-refractivity contribution is 6.01. The van der Waals surface area contributed by atoms with E-state index >= 15 is 0 Å². The summed E-state index contributed by atoms with van der Waals surface area (Å²) in [6.45, 7) is 2.80. The van der Waals surface area contributed by atoms with Gasteiger partial charge in [-0.25, -0.2) is 0 Å². The molecule has 180 valence electrons. The third kappa shape index (κ3) is 4.72. The van der Waals surface area contributed by atoms with Gasteiger partial charge in [0, 0.05) is 37.4 Å². The minimum atomic E-state index is -4.42. The van der Waals surface area contributed by atoms with Crippen LogP contribution < -0.4 is 9.64 Å². The number of carbonyl (C=O) groups is 1. The Labute approximate surface area is 194 Å². The molecule has 1 aliphatic rings. The van der Waals surface area contributed by atoms with Crippen LogP contribution in [0.2, 0.25) is 0 Å². The van der Waals surface area contributed by atoms with Crippen LogP contribution in [0.15, 0.2) is 53.1 Å². The molecular weight excluding hydrogens is 451 g/mol. The van der Waals surface area contributed by atoms with Gasteiger partial charge in [0.1, 0.15) is 23.1 Å². The van der Waals surface area contributed by atoms with Crippen molar-refractivity contribution in [2.24, 2.45) is 0 Å². The largest absolute Gasteiger partial charge is 0.497 e. The van der Waals surface area contributed by atoms with Crippen molar-refractivity contribution < 1.29 is 32.3 Å². The predicted octanol–water partition coefficient (Wildman–Crippen LogP) is 4.38. The van der Waals surface area contributed by atoms with E-state index in [9.17, 15) is 23.1 Å². The molecule has 0 saturated carbocycles. The quantitative estimate of drug-likeness (QED) is 0.590. The van der Waals surface area contributed by atoms with E-state index in [0.717, 1.165) is 12.1 Å². The Morgan fingerprint density at radius 2 is 1.79 bits per heavy atom. The van der Waals surface area contributed by atoms with Gasteiger partial charge in [-0.15, -0.1) is 0 Å². The molecule has 1 saturated heterocycles. The number of rotatable bonds is 5. The summed E-state index contributed by atoms with van der Waals surface area (Å²) in [7, 11) is 1.55. The summed E-state index contributed by atoms with van der Waals surface area (Å²) >= 11 is 0. The van der Waals surface area contributed by atoms with Crippen molar-refractivity contribution >= 4 is 11.6 Å². The molecule has 1 aromatic heterocycles. The SMILES string of the molecule is COc1ccc(-c2noc(C(C)O)c2C(=O)N2CCN(c3cccc(C(F)(F)F)c3)CC2)cc1. The van der Waals surface area contributed by atoms with Crippen LogP contribution in [0.4, 0.5) is 18.9 Å². The van der Waals surface area contributed by atoms with E-state index in [2.05, 4.69) is 5.16 Å². The number of anilines is 1. The maximum absolute atomic E-state index is 13.5. The van der Waals surface area contributed by atoms with E-state index in [-0.39, 0.29) is 17.2 Å². The van der Waals surface area contributed by atoms with Gasteiger partial charge in [0.15, 0.2) is 5.76 Å². The van der Waals surface area contributed by atoms with E-state index in [1.807, 2.05) is 4.90 Å². The number of hydrogen-bond acceptors (Lipinski definition) is 6. The van der Waals surface area contributed by atoms with Crippen molar-refractivity contribution in [2.75, 3.05) is 38.2 Å². The highest BCUT2D eigenvalue weighted by atomic mass is 19.4. The average Bonchev–Trinajstić information content (AvgIpc) is 3.29. The molecule has 1 atom stereocenters. The number of nitrogens with zero attached hydrogens (tertiary/aromatic N) is 3. The molecule has 1 amide bonds. The summed E-state index contributed by atoms with van der Waals surface area (Å²) < 4.78 is 49.7. The molecule has 2 aromatic carbocycles. The molecule has 4 rings (SSSR count). The molecule has 0 spiro atoms. The average molecular weight is 475 g/mol. The maximum Gasteiger partial charge on any atom is 0.416 e. The number of aliphatic hydroxyl groups excluding tert-OH is 1. The number of methoxy groups -OCH3 is 1. The van der Waals surface area contributed by atoms with E-state index in [1.54, 1.807) is 42.3 Å². The van der Waals surface area contributed by atoms with E-state index in [4.69, 9.17) is 9.26 Å². The zero-order chi connectivity index (χ0) is 24.5. The first-order valence-corrected chi connectivity index (χ1v) is 10.7. The lowest BCUT2D eigenvalue weighted by atomic mass is 10.0. The topological polar surface area (TPSA) is 79.0 Å². The first-order chi connectivity index (χ1) is 16.2. The highest BCUT2D eigenvalue weighted by Crippen LogP contribution is 2.33. The third-order valence-electron chi connectivity index (χ3n) is 5.78. The van der Waals surface area contributed by atoms with Crippen LogP contribution in [0.5, 0.6) is 5.75 Å². The second kappa shape index (κ2) is 9.38. The molecule has 7 nitrogen and oxygen atoms in total. The molecule has 1 N–H and O–H groups in total. The number of hydrogen-bond donors (Lipinski definition) is 1. The summed E-state index contributed by atoms with van der Waals surface area (Å²) in [4.78, 5) is 16.9. The number of piperazine rings is 1. The first kappa shape index (κ1) is 23.6. The highest BCUT2D eigenvalue weighted by Gasteiger charge is 2.33. The smallest absolute Gasteiger partial charge is 0.416 e. The van der Waals surface area contributed by atoms with Gasteiger partial charge in [0.25, 0.3) is 5.91 Å². The molecule has 1 fully saturated rings. The second-order valence-corrected chi connectivity index (χ2v) is 8.00. The van der Waals surface area contributed by atoms with Crippen LogP contribution in [0.25, 0.3) is 11.3 Å². The summed E-state index contributed by atoms with van der Waals surface area (Å²) in [5.74, 6) is 0.351. The number of aromatic nitrogens is 1. The molecule has 2 heterocycles. The standard InChI is InChI=1S/C24H24F3N3O4/c1-15(31)22-20(21(28-34-22)16-6-8-19(33-2)9-7-16)23(32)30-12-10-29(11-13-30)18-5-3-4-17(14-18)24(25,26)27/h3-9,14-15,31H,10-13H2,1-2H3. The third-order valence-corrected chi connectivity index (χ3v) is 5.78. The van der Waals surface area contributed by atoms with Crippen molar-refractivity contribution in [2.45, 2.75) is 19.2 Å². The van der Waals surface area contributed by atoms with E-state index in [1.165, 1.54) is 13.0 Å². The minimum absolute atomic E-state index is 0.0659. The fourth-order valence-corrected chi connectivity index (χ4v) is 3.95. The van der Waals surface area contributed by atoms with Gasteiger partial charge in [0.2, 0.25) is 0 Å². The Bertz CT molecular complexity index is 1150. The van der Waals surface area contributed by atoms with Crippen molar-refractivity contribution in [3.8, 4) is 17.0 Å². The van der Waals surface area contributed by atoms with Crippen LogP contribution in [-0.2, 0) is 6.18 Å². The predicted molar refractivity (Wildman–Crippen MR) is 119 cm³/mol. The number of aliphatic hydroxyl groups is 1. The Morgan fingerprint density at radius 1 is 1.12 bits per heavy atom. The van der Waals surface area contributed by atoms with Gasteiger partial charge in [-0.05, 0) is 49.4 Å². The zero-order valence-corrected chi connectivity index (χ0v) is 18.7. The lowest BCUT2D eigenvalue weighted by molar-refractivity contribution is -0.137. The molecule has 34 heavy (non-hydrogen) atoms. The Balaban J connectivity index is 1.55. The van der Waals surface area contributed by atoms with Crippen LogP contribution in [0.1, 0.15) is 34.7 Å². The van der Waals surface area contributed by atoms with Gasteiger partial charge in [0.05, 0.1) is 12.7 Å². The Morgan fingerprint density at radius 3 is 2.38 bits per heavy atom. The van der Waals surface area contributed by atoms with Crippen LogP contribution in [0.3, 0.4) is 0 Å². The fourth-order valence-electron chi connectivity index (χ4n) is 3.95. The van der Waals surface area contributed by atoms with Gasteiger partial charge < -0.3 is 24.2 Å². The first-order valence-electron chi connectivity index (χ1n) is 10.7. The molecule has 1 aliphatic heterocycles. The monoisotopic (exact) mass is 475 g/mol. The number of ether oxygens (including phenoxy) is 1. The summed E-state index contributed by atoms with van der Waals surface area (Å²) in [5.41, 5.74) is 0.855. The normalized spacial score (nSPS) is 15.4.